The molecule has 0 amide bonds. The summed E-state index contributed by atoms with van der Waals surface area (Å²) >= 11 is 0. The van der Waals surface area contributed by atoms with Gasteiger partial charge < -0.3 is 0 Å². The fourth-order valence-electron chi connectivity index (χ4n) is 1.96. The van der Waals surface area contributed by atoms with Crippen LogP contribution in [0.15, 0.2) is 54.9 Å². The molecule has 0 aliphatic rings. The second kappa shape index (κ2) is 5.05. The maximum atomic E-state index is 12.5. The zero-order valence-electron chi connectivity index (χ0n) is 10.9. The lowest BCUT2D eigenvalue weighted by atomic mass is 10.2. The van der Waals surface area contributed by atoms with Crippen LogP contribution in [0.5, 0.6) is 0 Å². The second-order valence-electron chi connectivity index (χ2n) is 4.28. The molecule has 2 heterocycles. The molecule has 2 aromatic heterocycles. The lowest BCUT2D eigenvalue weighted by Crippen LogP contribution is -2.12. The van der Waals surface area contributed by atoms with E-state index >= 15 is 0 Å². The largest absolute Gasteiger partial charge is 0.285 e. The maximum Gasteiger partial charge on any atom is 0.229 e. The number of nitrogens with zero attached hydrogens (tertiary/aromatic N) is 4. The molecule has 0 saturated heterocycles. The van der Waals surface area contributed by atoms with Crippen LogP contribution in [0.2, 0.25) is 0 Å². The van der Waals surface area contributed by atoms with Gasteiger partial charge in [0.1, 0.15) is 17.2 Å². The van der Waals surface area contributed by atoms with E-state index in [1.165, 1.54) is 0 Å². The van der Waals surface area contributed by atoms with Gasteiger partial charge in [-0.1, -0.05) is 18.2 Å². The number of hydrogen-bond acceptors (Lipinski definition) is 4. The lowest BCUT2D eigenvalue weighted by molar-refractivity contribution is 0.102. The molecule has 0 fully saturated rings. The minimum atomic E-state index is -0.170. The Balaban J connectivity index is 2.04. The van der Waals surface area contributed by atoms with E-state index in [1.807, 2.05) is 30.3 Å². The van der Waals surface area contributed by atoms with Gasteiger partial charge >= 0.3 is 0 Å². The summed E-state index contributed by atoms with van der Waals surface area (Å²) in [6.07, 6.45) is 3.19. The molecule has 0 N–H and O–H groups in total. The Morgan fingerprint density at radius 1 is 1.05 bits per heavy atom. The fraction of sp³-hybridized carbons (Fsp3) is 0.0667. The van der Waals surface area contributed by atoms with Crippen LogP contribution in [0.25, 0.3) is 5.69 Å². The summed E-state index contributed by atoms with van der Waals surface area (Å²) < 4.78 is 1.61. The molecule has 0 aliphatic heterocycles. The number of aromatic nitrogens is 4. The molecule has 5 nitrogen and oxygen atoms in total. The van der Waals surface area contributed by atoms with Crippen molar-refractivity contribution in [3.05, 3.63) is 72.1 Å². The molecule has 3 rings (SSSR count). The standard InChI is InChI=1S/C15H12N4O/c1-11-16-9-7-13(18-11)15(20)14-8-10-17-19(14)12-5-3-2-4-6-12/h2-10H,1H3. The molecule has 0 bridgehead atoms. The monoisotopic (exact) mass is 264 g/mol. The number of rotatable bonds is 3. The molecule has 0 saturated carbocycles. The van der Waals surface area contributed by atoms with Gasteiger partial charge in [0, 0.05) is 6.20 Å². The van der Waals surface area contributed by atoms with Gasteiger partial charge in [0.05, 0.1) is 11.9 Å². The van der Waals surface area contributed by atoms with Crippen molar-refractivity contribution in [2.75, 3.05) is 0 Å². The van der Waals surface area contributed by atoms with Crippen molar-refractivity contribution in [1.82, 2.24) is 19.7 Å². The average Bonchev–Trinajstić information content (AvgIpc) is 2.97. The Bertz CT molecular complexity index is 749. The van der Waals surface area contributed by atoms with Crippen molar-refractivity contribution in [3.8, 4) is 5.69 Å². The van der Waals surface area contributed by atoms with Gasteiger partial charge in [-0.2, -0.15) is 5.10 Å². The van der Waals surface area contributed by atoms with Crippen molar-refractivity contribution in [2.24, 2.45) is 0 Å². The molecule has 98 valence electrons. The van der Waals surface area contributed by atoms with Crippen molar-refractivity contribution in [3.63, 3.8) is 0 Å². The molecule has 0 aliphatic carbocycles. The highest BCUT2D eigenvalue weighted by Gasteiger charge is 2.16. The zero-order valence-corrected chi connectivity index (χ0v) is 10.9. The van der Waals surface area contributed by atoms with Crippen LogP contribution in [0, 0.1) is 6.92 Å². The Morgan fingerprint density at radius 3 is 2.60 bits per heavy atom. The first kappa shape index (κ1) is 12.2. The number of carbonyl (C=O) groups excluding carboxylic acids is 1. The summed E-state index contributed by atoms with van der Waals surface area (Å²) in [5.41, 5.74) is 1.69. The van der Waals surface area contributed by atoms with Gasteiger partial charge in [0.15, 0.2) is 0 Å². The molecule has 0 atom stereocenters. The van der Waals surface area contributed by atoms with E-state index in [4.69, 9.17) is 0 Å². The third-order valence-electron chi connectivity index (χ3n) is 2.88. The summed E-state index contributed by atoms with van der Waals surface area (Å²) in [6, 6.07) is 12.8. The van der Waals surface area contributed by atoms with Gasteiger partial charge in [-0.3, -0.25) is 4.79 Å². The third kappa shape index (κ3) is 2.21. The summed E-state index contributed by atoms with van der Waals surface area (Å²) in [5.74, 6) is 0.401. The minimum Gasteiger partial charge on any atom is -0.285 e. The Kier molecular flexibility index (Phi) is 3.09. The van der Waals surface area contributed by atoms with E-state index in [1.54, 1.807) is 36.1 Å². The van der Waals surface area contributed by atoms with E-state index < -0.39 is 0 Å². The predicted octanol–water partition coefficient (Wildman–Crippen LogP) is 2.20. The van der Waals surface area contributed by atoms with E-state index in [0.717, 1.165) is 5.69 Å². The normalized spacial score (nSPS) is 10.4. The fourth-order valence-corrected chi connectivity index (χ4v) is 1.96. The topological polar surface area (TPSA) is 60.7 Å². The number of benzene rings is 1. The van der Waals surface area contributed by atoms with E-state index in [2.05, 4.69) is 15.1 Å². The Labute approximate surface area is 115 Å². The number of ketones is 1. The Hall–Kier alpha value is -2.82. The van der Waals surface area contributed by atoms with Crippen LogP contribution in [-0.4, -0.2) is 25.5 Å². The third-order valence-corrected chi connectivity index (χ3v) is 2.88. The van der Waals surface area contributed by atoms with Crippen LogP contribution in [-0.2, 0) is 0 Å². The van der Waals surface area contributed by atoms with Crippen LogP contribution in [0.3, 0.4) is 0 Å². The predicted molar refractivity (Wildman–Crippen MR) is 73.8 cm³/mol. The molecule has 0 radical (unpaired) electrons. The van der Waals surface area contributed by atoms with Gasteiger partial charge in [0.2, 0.25) is 5.78 Å². The van der Waals surface area contributed by atoms with Gasteiger partial charge in [-0.25, -0.2) is 14.6 Å². The number of para-hydroxylation sites is 1. The molecule has 3 aromatic rings. The smallest absolute Gasteiger partial charge is 0.229 e. The van der Waals surface area contributed by atoms with Crippen LogP contribution in [0.4, 0.5) is 0 Å². The summed E-state index contributed by atoms with van der Waals surface area (Å²) in [4.78, 5) is 20.7. The van der Waals surface area contributed by atoms with Crippen molar-refractivity contribution in [2.45, 2.75) is 6.92 Å². The van der Waals surface area contributed by atoms with E-state index in [0.29, 0.717) is 17.2 Å². The average molecular weight is 264 g/mol. The van der Waals surface area contributed by atoms with Crippen LogP contribution in [0.1, 0.15) is 22.0 Å². The highest BCUT2D eigenvalue weighted by Crippen LogP contribution is 2.13. The summed E-state index contributed by atoms with van der Waals surface area (Å²) in [6.45, 7) is 1.76. The lowest BCUT2D eigenvalue weighted by Gasteiger charge is -2.06. The van der Waals surface area contributed by atoms with E-state index in [-0.39, 0.29) is 5.78 Å². The van der Waals surface area contributed by atoms with E-state index in [9.17, 15) is 4.79 Å². The quantitative estimate of drug-likeness (QED) is 0.680. The summed E-state index contributed by atoms with van der Waals surface area (Å²) in [5, 5.41) is 4.21. The number of hydrogen-bond donors (Lipinski definition) is 0. The van der Waals surface area contributed by atoms with Crippen LogP contribution >= 0.6 is 0 Å². The van der Waals surface area contributed by atoms with Gasteiger partial charge in [-0.05, 0) is 31.2 Å². The van der Waals surface area contributed by atoms with Crippen molar-refractivity contribution < 1.29 is 4.79 Å². The zero-order chi connectivity index (χ0) is 13.9. The molecule has 0 unspecified atom stereocenters. The second-order valence-corrected chi connectivity index (χ2v) is 4.28. The molecule has 5 heteroatoms. The summed E-state index contributed by atoms with van der Waals surface area (Å²) in [7, 11) is 0. The molecule has 20 heavy (non-hydrogen) atoms. The van der Waals surface area contributed by atoms with Gasteiger partial charge in [0.25, 0.3) is 0 Å². The SMILES string of the molecule is Cc1nccc(C(=O)c2ccnn2-c2ccccc2)n1. The number of aryl methyl sites for hydroxylation is 1. The highest BCUT2D eigenvalue weighted by atomic mass is 16.1. The molecule has 1 aromatic carbocycles. The molecular weight excluding hydrogens is 252 g/mol. The first-order valence-electron chi connectivity index (χ1n) is 6.19. The molecular formula is C15H12N4O. The Morgan fingerprint density at radius 2 is 1.85 bits per heavy atom. The minimum absolute atomic E-state index is 0.170. The molecule has 0 spiro atoms. The number of carbonyl (C=O) groups is 1. The van der Waals surface area contributed by atoms with Gasteiger partial charge in [-0.15, -0.1) is 0 Å². The maximum absolute atomic E-state index is 12.5. The highest BCUT2D eigenvalue weighted by molar-refractivity contribution is 6.06. The van der Waals surface area contributed by atoms with Crippen molar-refractivity contribution in [1.29, 1.82) is 0 Å². The van der Waals surface area contributed by atoms with Crippen molar-refractivity contribution >= 4 is 5.78 Å². The van der Waals surface area contributed by atoms with Crippen LogP contribution < -0.4 is 0 Å². The first-order chi connectivity index (χ1) is 9.75. The first-order valence-corrected chi connectivity index (χ1v) is 6.19.